The Balaban J connectivity index is 1.90. The highest BCUT2D eigenvalue weighted by atomic mass is 79.9. The maximum absolute atomic E-state index is 12.8. The third kappa shape index (κ3) is 3.06. The van der Waals surface area contributed by atoms with E-state index < -0.39 is 0 Å². The number of thiophene rings is 1. The van der Waals surface area contributed by atoms with Crippen LogP contribution in [0.25, 0.3) is 0 Å². The molecule has 0 spiro atoms. The summed E-state index contributed by atoms with van der Waals surface area (Å²) in [6.07, 6.45) is 0.988. The molecule has 1 aromatic heterocycles. The summed E-state index contributed by atoms with van der Waals surface area (Å²) >= 11 is 5.08. The largest absolute Gasteiger partial charge is 0.384 e. The van der Waals surface area contributed by atoms with Crippen molar-refractivity contribution in [1.29, 1.82) is 0 Å². The Kier molecular flexibility index (Phi) is 3.96. The Morgan fingerprint density at radius 2 is 2.19 bits per heavy atom. The molecule has 0 atom stereocenters. The Hall–Kier alpha value is -0.870. The molecule has 0 saturated carbocycles. The van der Waals surface area contributed by atoms with Gasteiger partial charge in [-0.05, 0) is 52.0 Å². The van der Waals surface area contributed by atoms with E-state index in [1.807, 2.05) is 6.07 Å². The van der Waals surface area contributed by atoms with Crippen LogP contribution in [0, 0.1) is 5.82 Å². The summed E-state index contributed by atoms with van der Waals surface area (Å²) in [5, 5.41) is 5.34. The van der Waals surface area contributed by atoms with Gasteiger partial charge in [0.05, 0.1) is 0 Å². The van der Waals surface area contributed by atoms with E-state index in [2.05, 4.69) is 32.7 Å². The van der Waals surface area contributed by atoms with Crippen molar-refractivity contribution < 1.29 is 4.39 Å². The van der Waals surface area contributed by atoms with Crippen molar-refractivity contribution in [3.05, 3.63) is 50.9 Å². The Morgan fingerprint density at radius 3 is 2.88 bits per heavy atom. The molecule has 0 aliphatic rings. The number of halogens is 2. The molecule has 1 nitrogen and oxygen atoms in total. The predicted molar refractivity (Wildman–Crippen MR) is 70.6 cm³/mol. The summed E-state index contributed by atoms with van der Waals surface area (Å²) in [6.45, 7) is 0.852. The van der Waals surface area contributed by atoms with Gasteiger partial charge in [0.1, 0.15) is 5.82 Å². The quantitative estimate of drug-likeness (QED) is 0.887. The lowest BCUT2D eigenvalue weighted by atomic mass is 10.3. The number of rotatable bonds is 4. The topological polar surface area (TPSA) is 12.0 Å². The number of hydrogen-bond acceptors (Lipinski definition) is 2. The van der Waals surface area contributed by atoms with Gasteiger partial charge in [0.15, 0.2) is 0 Å². The highest BCUT2D eigenvalue weighted by molar-refractivity contribution is 9.10. The molecule has 1 N–H and O–H groups in total. The Morgan fingerprint density at radius 1 is 1.31 bits per heavy atom. The summed E-state index contributed by atoms with van der Waals surface area (Å²) < 4.78 is 13.6. The fourth-order valence-electron chi connectivity index (χ4n) is 1.41. The minimum absolute atomic E-state index is 0.226. The van der Waals surface area contributed by atoms with Gasteiger partial charge in [-0.2, -0.15) is 0 Å². The lowest BCUT2D eigenvalue weighted by molar-refractivity contribution is 0.627. The number of nitrogens with one attached hydrogen (secondary N) is 1. The Bertz CT molecular complexity index is 456. The molecular weight excluding hydrogens is 289 g/mol. The van der Waals surface area contributed by atoms with E-state index in [1.54, 1.807) is 17.4 Å². The first-order valence-corrected chi connectivity index (χ1v) is 6.64. The van der Waals surface area contributed by atoms with Gasteiger partial charge in [-0.15, -0.1) is 11.3 Å². The van der Waals surface area contributed by atoms with Gasteiger partial charge in [-0.1, -0.05) is 6.07 Å². The van der Waals surface area contributed by atoms with E-state index >= 15 is 0 Å². The summed E-state index contributed by atoms with van der Waals surface area (Å²) in [5.41, 5.74) is 0.929. The van der Waals surface area contributed by atoms with Crippen LogP contribution in [0.15, 0.2) is 40.2 Å². The van der Waals surface area contributed by atoms with Crippen molar-refractivity contribution in [3.8, 4) is 0 Å². The number of anilines is 1. The summed E-state index contributed by atoms with van der Waals surface area (Å²) in [4.78, 5) is 1.35. The van der Waals surface area contributed by atoms with E-state index in [0.29, 0.717) is 0 Å². The van der Waals surface area contributed by atoms with E-state index in [1.165, 1.54) is 17.0 Å². The van der Waals surface area contributed by atoms with Gasteiger partial charge >= 0.3 is 0 Å². The molecule has 4 heteroatoms. The second-order valence-electron chi connectivity index (χ2n) is 3.38. The molecule has 84 valence electrons. The molecule has 0 aliphatic heterocycles. The minimum Gasteiger partial charge on any atom is -0.384 e. The Labute approximate surface area is 106 Å². The molecule has 0 aliphatic carbocycles. The molecular formula is C12H11BrFNS. The molecule has 1 heterocycles. The van der Waals surface area contributed by atoms with E-state index in [-0.39, 0.29) is 5.82 Å². The van der Waals surface area contributed by atoms with Gasteiger partial charge < -0.3 is 5.32 Å². The summed E-state index contributed by atoms with van der Waals surface area (Å²) in [5.74, 6) is -0.226. The van der Waals surface area contributed by atoms with Gasteiger partial charge in [0, 0.05) is 21.6 Å². The third-order valence-electron chi connectivity index (χ3n) is 2.20. The molecule has 0 fully saturated rings. The van der Waals surface area contributed by atoms with Crippen LogP contribution < -0.4 is 5.32 Å². The third-order valence-corrected chi connectivity index (χ3v) is 3.79. The minimum atomic E-state index is -0.226. The van der Waals surface area contributed by atoms with E-state index in [0.717, 1.165) is 23.1 Å². The highest BCUT2D eigenvalue weighted by Crippen LogP contribution is 2.23. The first kappa shape index (κ1) is 11.6. The molecule has 2 aromatic rings. The smallest absolute Gasteiger partial charge is 0.124 e. The predicted octanol–water partition coefficient (Wildman–Crippen LogP) is 4.30. The van der Waals surface area contributed by atoms with Crippen LogP contribution in [0.5, 0.6) is 0 Å². The van der Waals surface area contributed by atoms with Crippen LogP contribution >= 0.6 is 27.3 Å². The maximum Gasteiger partial charge on any atom is 0.124 e. The van der Waals surface area contributed by atoms with Gasteiger partial charge in [0.2, 0.25) is 0 Å². The van der Waals surface area contributed by atoms with E-state index in [4.69, 9.17) is 0 Å². The van der Waals surface area contributed by atoms with Crippen LogP contribution in [-0.2, 0) is 6.42 Å². The van der Waals surface area contributed by atoms with Crippen molar-refractivity contribution in [2.75, 3.05) is 11.9 Å². The molecule has 16 heavy (non-hydrogen) atoms. The number of hydrogen-bond donors (Lipinski definition) is 1. The molecule has 0 amide bonds. The zero-order chi connectivity index (χ0) is 11.4. The number of benzene rings is 1. The van der Waals surface area contributed by atoms with Gasteiger partial charge in [-0.3, -0.25) is 0 Å². The molecule has 1 aromatic carbocycles. The molecule has 0 unspecified atom stereocenters. The molecule has 0 bridgehead atoms. The van der Waals surface area contributed by atoms with Crippen LogP contribution in [0.1, 0.15) is 4.88 Å². The standard InChI is InChI=1S/C12H11BrFNS/c13-11-8-9(14)3-4-12(11)15-6-5-10-2-1-7-16-10/h1-4,7-8,15H,5-6H2. The lowest BCUT2D eigenvalue weighted by Gasteiger charge is -2.07. The highest BCUT2D eigenvalue weighted by Gasteiger charge is 2.00. The zero-order valence-electron chi connectivity index (χ0n) is 8.54. The SMILES string of the molecule is Fc1ccc(NCCc2cccs2)c(Br)c1. The zero-order valence-corrected chi connectivity index (χ0v) is 10.9. The van der Waals surface area contributed by atoms with Gasteiger partial charge in [0.25, 0.3) is 0 Å². The average Bonchev–Trinajstić information content (AvgIpc) is 2.74. The van der Waals surface area contributed by atoms with Crippen LogP contribution in [0.4, 0.5) is 10.1 Å². The first-order chi connectivity index (χ1) is 7.75. The molecule has 0 saturated heterocycles. The maximum atomic E-state index is 12.8. The van der Waals surface area contributed by atoms with Crippen molar-refractivity contribution in [1.82, 2.24) is 0 Å². The molecule has 0 radical (unpaired) electrons. The average molecular weight is 300 g/mol. The fourth-order valence-corrected chi connectivity index (χ4v) is 2.61. The summed E-state index contributed by atoms with van der Waals surface area (Å²) in [7, 11) is 0. The monoisotopic (exact) mass is 299 g/mol. The normalized spacial score (nSPS) is 10.4. The van der Waals surface area contributed by atoms with Gasteiger partial charge in [-0.25, -0.2) is 4.39 Å². The van der Waals surface area contributed by atoms with Crippen LogP contribution in [-0.4, -0.2) is 6.54 Å². The lowest BCUT2D eigenvalue weighted by Crippen LogP contribution is -2.04. The second kappa shape index (κ2) is 5.46. The fraction of sp³-hybridized carbons (Fsp3) is 0.167. The van der Waals surface area contributed by atoms with Crippen molar-refractivity contribution in [3.63, 3.8) is 0 Å². The van der Waals surface area contributed by atoms with Crippen molar-refractivity contribution in [2.45, 2.75) is 6.42 Å². The van der Waals surface area contributed by atoms with Crippen molar-refractivity contribution >= 4 is 33.0 Å². The van der Waals surface area contributed by atoms with Crippen LogP contribution in [0.2, 0.25) is 0 Å². The van der Waals surface area contributed by atoms with Crippen LogP contribution in [0.3, 0.4) is 0 Å². The molecule has 2 rings (SSSR count). The van der Waals surface area contributed by atoms with Crippen molar-refractivity contribution in [2.24, 2.45) is 0 Å². The van der Waals surface area contributed by atoms with E-state index in [9.17, 15) is 4.39 Å². The second-order valence-corrected chi connectivity index (χ2v) is 5.27. The first-order valence-electron chi connectivity index (χ1n) is 4.97. The summed E-state index contributed by atoms with van der Waals surface area (Å²) in [6, 6.07) is 8.83.